The number of halogens is 1. The molecule has 0 radical (unpaired) electrons. The lowest BCUT2D eigenvalue weighted by molar-refractivity contribution is 0.458. The molecule has 2 aromatic rings. The van der Waals surface area contributed by atoms with Crippen molar-refractivity contribution in [2.75, 3.05) is 5.73 Å². The summed E-state index contributed by atoms with van der Waals surface area (Å²) >= 11 is 3.42. The van der Waals surface area contributed by atoms with Gasteiger partial charge >= 0.3 is 0 Å². The van der Waals surface area contributed by atoms with E-state index >= 15 is 0 Å². The Labute approximate surface area is 109 Å². The minimum absolute atomic E-state index is 0.554. The number of hydrogen-bond acceptors (Lipinski definition) is 3. The van der Waals surface area contributed by atoms with E-state index in [0.29, 0.717) is 11.6 Å². The molecule has 17 heavy (non-hydrogen) atoms. The third-order valence-corrected chi connectivity index (χ3v) is 2.96. The van der Waals surface area contributed by atoms with E-state index < -0.39 is 0 Å². The average Bonchev–Trinajstić information content (AvgIpc) is 2.29. The van der Waals surface area contributed by atoms with Crippen LogP contribution in [0.2, 0.25) is 0 Å². The fourth-order valence-electron chi connectivity index (χ4n) is 1.40. The summed E-state index contributed by atoms with van der Waals surface area (Å²) in [6.45, 7) is 3.85. The number of hydrogen-bond donors (Lipinski definition) is 1. The van der Waals surface area contributed by atoms with Gasteiger partial charge in [0.25, 0.3) is 0 Å². The molecule has 0 saturated carbocycles. The Morgan fingerprint density at radius 2 is 1.94 bits per heavy atom. The van der Waals surface area contributed by atoms with Gasteiger partial charge in [-0.25, -0.2) is 4.98 Å². The number of nitrogens with zero attached hydrogens (tertiary/aromatic N) is 1. The third kappa shape index (κ3) is 2.77. The monoisotopic (exact) mass is 292 g/mol. The molecule has 1 heterocycles. The normalized spacial score (nSPS) is 10.3. The zero-order valence-electron chi connectivity index (χ0n) is 9.70. The number of pyridine rings is 1. The Kier molecular flexibility index (Phi) is 3.33. The summed E-state index contributed by atoms with van der Waals surface area (Å²) in [6.07, 6.45) is 0. The number of benzene rings is 1. The van der Waals surface area contributed by atoms with Gasteiger partial charge in [0.05, 0.1) is 11.4 Å². The predicted octanol–water partition coefficient (Wildman–Crippen LogP) is 3.84. The van der Waals surface area contributed by atoms with Gasteiger partial charge in [-0.1, -0.05) is 22.0 Å². The predicted molar refractivity (Wildman–Crippen MR) is 72.3 cm³/mol. The smallest absolute Gasteiger partial charge is 0.219 e. The lowest BCUT2D eigenvalue weighted by Crippen LogP contribution is -1.96. The molecule has 4 heteroatoms. The van der Waals surface area contributed by atoms with Crippen molar-refractivity contribution in [2.45, 2.75) is 13.8 Å². The van der Waals surface area contributed by atoms with Crippen molar-refractivity contribution in [1.82, 2.24) is 4.98 Å². The minimum Gasteiger partial charge on any atom is -0.439 e. The standard InChI is InChI=1S/C13H13BrN2O/c1-8-3-4-10(14)7-12(8)17-13-6-5-11(15)9(2)16-13/h3-7H,15H2,1-2H3. The molecule has 0 spiro atoms. The maximum Gasteiger partial charge on any atom is 0.219 e. The van der Waals surface area contributed by atoms with Crippen LogP contribution in [0.15, 0.2) is 34.8 Å². The van der Waals surface area contributed by atoms with E-state index in [1.54, 1.807) is 12.1 Å². The van der Waals surface area contributed by atoms with Crippen molar-refractivity contribution >= 4 is 21.6 Å². The van der Waals surface area contributed by atoms with E-state index in [4.69, 9.17) is 10.5 Å². The number of ether oxygens (including phenoxy) is 1. The maximum atomic E-state index is 5.73. The van der Waals surface area contributed by atoms with Crippen molar-refractivity contribution in [3.63, 3.8) is 0 Å². The first-order valence-electron chi connectivity index (χ1n) is 5.23. The quantitative estimate of drug-likeness (QED) is 0.915. The average molecular weight is 293 g/mol. The van der Waals surface area contributed by atoms with Gasteiger partial charge in [-0.15, -0.1) is 0 Å². The molecular weight excluding hydrogens is 280 g/mol. The highest BCUT2D eigenvalue weighted by molar-refractivity contribution is 9.10. The van der Waals surface area contributed by atoms with Crippen LogP contribution in [0.3, 0.4) is 0 Å². The lowest BCUT2D eigenvalue weighted by atomic mass is 10.2. The van der Waals surface area contributed by atoms with Crippen molar-refractivity contribution in [2.24, 2.45) is 0 Å². The van der Waals surface area contributed by atoms with Crippen LogP contribution in [0.1, 0.15) is 11.3 Å². The van der Waals surface area contributed by atoms with Gasteiger partial charge in [-0.2, -0.15) is 0 Å². The van der Waals surface area contributed by atoms with E-state index in [0.717, 1.165) is 21.5 Å². The van der Waals surface area contributed by atoms with Crippen LogP contribution in [-0.2, 0) is 0 Å². The van der Waals surface area contributed by atoms with Crippen LogP contribution < -0.4 is 10.5 Å². The molecule has 0 saturated heterocycles. The fraction of sp³-hybridized carbons (Fsp3) is 0.154. The number of aryl methyl sites for hydroxylation is 2. The van der Waals surface area contributed by atoms with Gasteiger partial charge in [-0.3, -0.25) is 0 Å². The first-order chi connectivity index (χ1) is 8.06. The van der Waals surface area contributed by atoms with Crippen LogP contribution >= 0.6 is 15.9 Å². The topological polar surface area (TPSA) is 48.1 Å². The van der Waals surface area contributed by atoms with Gasteiger partial charge in [0, 0.05) is 10.5 Å². The Morgan fingerprint density at radius 3 is 2.65 bits per heavy atom. The van der Waals surface area contributed by atoms with Crippen molar-refractivity contribution in [3.8, 4) is 11.6 Å². The van der Waals surface area contributed by atoms with Crippen molar-refractivity contribution in [1.29, 1.82) is 0 Å². The summed E-state index contributed by atoms with van der Waals surface area (Å²) in [5, 5.41) is 0. The first kappa shape index (κ1) is 11.9. The zero-order valence-corrected chi connectivity index (χ0v) is 11.3. The Bertz CT molecular complexity index is 555. The molecule has 1 aromatic heterocycles. The van der Waals surface area contributed by atoms with Gasteiger partial charge in [0.1, 0.15) is 5.75 Å². The number of nitrogen functional groups attached to an aromatic ring is 1. The Hall–Kier alpha value is -1.55. The molecule has 2 N–H and O–H groups in total. The SMILES string of the molecule is Cc1ccc(Br)cc1Oc1ccc(N)c(C)n1. The Balaban J connectivity index is 2.31. The van der Waals surface area contributed by atoms with Gasteiger partial charge in [0.2, 0.25) is 5.88 Å². The molecule has 3 nitrogen and oxygen atoms in total. The van der Waals surface area contributed by atoms with E-state index in [2.05, 4.69) is 20.9 Å². The van der Waals surface area contributed by atoms with Crippen LogP contribution in [0.5, 0.6) is 11.6 Å². The molecule has 0 fully saturated rings. The molecule has 0 amide bonds. The molecule has 2 rings (SSSR count). The summed E-state index contributed by atoms with van der Waals surface area (Å²) in [6, 6.07) is 9.45. The van der Waals surface area contributed by atoms with Crippen LogP contribution in [0.4, 0.5) is 5.69 Å². The second kappa shape index (κ2) is 4.75. The van der Waals surface area contributed by atoms with E-state index in [-0.39, 0.29) is 0 Å². The molecule has 1 aromatic carbocycles. The van der Waals surface area contributed by atoms with Crippen LogP contribution in [-0.4, -0.2) is 4.98 Å². The summed E-state index contributed by atoms with van der Waals surface area (Å²) < 4.78 is 6.71. The number of anilines is 1. The third-order valence-electron chi connectivity index (χ3n) is 2.47. The van der Waals surface area contributed by atoms with E-state index in [1.807, 2.05) is 32.0 Å². The largest absolute Gasteiger partial charge is 0.439 e. The molecule has 88 valence electrons. The van der Waals surface area contributed by atoms with Gasteiger partial charge < -0.3 is 10.5 Å². The molecule has 0 unspecified atom stereocenters. The van der Waals surface area contributed by atoms with E-state index in [1.165, 1.54) is 0 Å². The van der Waals surface area contributed by atoms with Crippen LogP contribution in [0.25, 0.3) is 0 Å². The number of rotatable bonds is 2. The maximum absolute atomic E-state index is 5.73. The zero-order chi connectivity index (χ0) is 12.4. The molecule has 0 aliphatic carbocycles. The van der Waals surface area contributed by atoms with Crippen LogP contribution in [0, 0.1) is 13.8 Å². The summed E-state index contributed by atoms with van der Waals surface area (Å²) in [5.41, 5.74) is 8.21. The molecule has 0 aliphatic rings. The highest BCUT2D eigenvalue weighted by Gasteiger charge is 2.04. The molecular formula is C13H13BrN2O. The van der Waals surface area contributed by atoms with Crippen molar-refractivity contribution in [3.05, 3.63) is 46.1 Å². The Morgan fingerprint density at radius 1 is 1.18 bits per heavy atom. The molecule has 0 aliphatic heterocycles. The second-order valence-electron chi connectivity index (χ2n) is 3.84. The molecule has 0 atom stereocenters. The van der Waals surface area contributed by atoms with Gasteiger partial charge in [0.15, 0.2) is 0 Å². The van der Waals surface area contributed by atoms with Gasteiger partial charge in [-0.05, 0) is 37.6 Å². The number of aromatic nitrogens is 1. The summed E-state index contributed by atoms with van der Waals surface area (Å²) in [4.78, 5) is 4.28. The first-order valence-corrected chi connectivity index (χ1v) is 6.02. The number of nitrogens with two attached hydrogens (primary N) is 1. The second-order valence-corrected chi connectivity index (χ2v) is 4.75. The highest BCUT2D eigenvalue weighted by Crippen LogP contribution is 2.27. The van der Waals surface area contributed by atoms with Crippen molar-refractivity contribution < 1.29 is 4.74 Å². The summed E-state index contributed by atoms with van der Waals surface area (Å²) in [5.74, 6) is 1.34. The minimum atomic E-state index is 0.554. The summed E-state index contributed by atoms with van der Waals surface area (Å²) in [7, 11) is 0. The fourth-order valence-corrected chi connectivity index (χ4v) is 1.74. The lowest BCUT2D eigenvalue weighted by Gasteiger charge is -2.09. The van der Waals surface area contributed by atoms with E-state index in [9.17, 15) is 0 Å². The molecule has 0 bridgehead atoms. The highest BCUT2D eigenvalue weighted by atomic mass is 79.9.